The molecular weight excluding hydrogens is 375 g/mol. The molecule has 7 heteroatoms. The van der Waals surface area contributed by atoms with E-state index in [0.29, 0.717) is 27.8 Å². The lowest BCUT2D eigenvalue weighted by atomic mass is 10.1. The van der Waals surface area contributed by atoms with Crippen LogP contribution in [0.2, 0.25) is 10.0 Å². The van der Waals surface area contributed by atoms with E-state index in [1.807, 2.05) is 31.0 Å². The van der Waals surface area contributed by atoms with Crippen LogP contribution in [0.1, 0.15) is 21.5 Å². The molecule has 0 aliphatic heterocycles. The Labute approximate surface area is 162 Å². The minimum atomic E-state index is -0.451. The van der Waals surface area contributed by atoms with E-state index in [1.165, 1.54) is 7.11 Å². The second-order valence-electron chi connectivity index (χ2n) is 5.95. The Morgan fingerprint density at radius 3 is 2.62 bits per heavy atom. The Kier molecular flexibility index (Phi) is 7.03. The minimum Gasteiger partial charge on any atom is -0.465 e. The number of carbonyl (C=O) groups excluding carboxylic acids is 2. The highest BCUT2D eigenvalue weighted by atomic mass is 35.5. The molecule has 0 saturated carbocycles. The molecule has 0 aliphatic rings. The zero-order valence-corrected chi connectivity index (χ0v) is 16.3. The predicted octanol–water partition coefficient (Wildman–Crippen LogP) is 4.16. The van der Waals surface area contributed by atoms with E-state index in [9.17, 15) is 9.59 Å². The number of rotatable bonds is 6. The van der Waals surface area contributed by atoms with Crippen LogP contribution >= 0.6 is 23.2 Å². The van der Waals surface area contributed by atoms with E-state index in [1.54, 1.807) is 24.3 Å². The summed E-state index contributed by atoms with van der Waals surface area (Å²) in [6.07, 6.45) is 0. The summed E-state index contributed by atoms with van der Waals surface area (Å²) in [6, 6.07) is 10.4. The number of hydrogen-bond donors (Lipinski definition) is 1. The average Bonchev–Trinajstić information content (AvgIpc) is 2.60. The van der Waals surface area contributed by atoms with Crippen molar-refractivity contribution in [1.82, 2.24) is 4.90 Å². The normalized spacial score (nSPS) is 10.7. The molecule has 0 bridgehead atoms. The molecule has 0 radical (unpaired) electrons. The molecule has 0 aliphatic carbocycles. The molecule has 1 amide bonds. The fraction of sp³-hybridized carbons (Fsp3) is 0.263. The number of ether oxygens (including phenoxy) is 1. The van der Waals surface area contributed by atoms with Crippen LogP contribution in [-0.4, -0.2) is 37.5 Å². The summed E-state index contributed by atoms with van der Waals surface area (Å²) >= 11 is 12.2. The number of nitrogens with zero attached hydrogens (tertiary/aromatic N) is 1. The van der Waals surface area contributed by atoms with Gasteiger partial charge in [-0.2, -0.15) is 0 Å². The van der Waals surface area contributed by atoms with Crippen LogP contribution in [0, 0.1) is 6.92 Å². The second-order valence-corrected chi connectivity index (χ2v) is 6.74. The number of hydrogen-bond acceptors (Lipinski definition) is 4. The van der Waals surface area contributed by atoms with Gasteiger partial charge in [-0.05, 0) is 43.3 Å². The monoisotopic (exact) mass is 394 g/mol. The first kappa shape index (κ1) is 20.2. The maximum atomic E-state index is 12.3. The number of likely N-dealkylation sites (N-methyl/N-ethyl adjacent to an activating group) is 1. The highest BCUT2D eigenvalue weighted by molar-refractivity contribution is 6.42. The van der Waals surface area contributed by atoms with Crippen molar-refractivity contribution in [2.45, 2.75) is 13.5 Å². The van der Waals surface area contributed by atoms with Crippen LogP contribution in [0.15, 0.2) is 36.4 Å². The highest BCUT2D eigenvalue weighted by Gasteiger charge is 2.13. The van der Waals surface area contributed by atoms with Gasteiger partial charge >= 0.3 is 5.97 Å². The zero-order valence-electron chi connectivity index (χ0n) is 14.8. The van der Waals surface area contributed by atoms with Gasteiger partial charge in [0, 0.05) is 12.2 Å². The zero-order chi connectivity index (χ0) is 19.3. The molecule has 2 aromatic rings. The van der Waals surface area contributed by atoms with Crippen LogP contribution in [-0.2, 0) is 16.1 Å². The number of anilines is 1. The fourth-order valence-electron chi connectivity index (χ4n) is 2.45. The summed E-state index contributed by atoms with van der Waals surface area (Å²) in [6.45, 7) is 2.49. The maximum absolute atomic E-state index is 12.3. The first-order valence-corrected chi connectivity index (χ1v) is 8.67. The van der Waals surface area contributed by atoms with E-state index in [-0.39, 0.29) is 12.5 Å². The number of halogens is 2. The van der Waals surface area contributed by atoms with Crippen molar-refractivity contribution in [2.75, 3.05) is 26.0 Å². The lowest BCUT2D eigenvalue weighted by Gasteiger charge is -2.18. The van der Waals surface area contributed by atoms with E-state index < -0.39 is 5.97 Å². The van der Waals surface area contributed by atoms with Gasteiger partial charge in [0.15, 0.2) is 0 Å². The Hall–Kier alpha value is -2.08. The second kappa shape index (κ2) is 9.03. The fourth-order valence-corrected chi connectivity index (χ4v) is 2.83. The van der Waals surface area contributed by atoms with Gasteiger partial charge in [-0.25, -0.2) is 4.79 Å². The van der Waals surface area contributed by atoms with Crippen molar-refractivity contribution in [3.8, 4) is 0 Å². The molecule has 0 fully saturated rings. The molecule has 26 heavy (non-hydrogen) atoms. The Bertz CT molecular complexity index is 824. The first-order valence-electron chi connectivity index (χ1n) is 7.92. The number of nitrogens with one attached hydrogen (secondary N) is 1. The minimum absolute atomic E-state index is 0.157. The molecule has 0 saturated heterocycles. The Morgan fingerprint density at radius 2 is 1.92 bits per heavy atom. The van der Waals surface area contributed by atoms with E-state index in [4.69, 9.17) is 27.9 Å². The van der Waals surface area contributed by atoms with Crippen molar-refractivity contribution in [3.63, 3.8) is 0 Å². The predicted molar refractivity (Wildman–Crippen MR) is 104 cm³/mol. The molecule has 1 N–H and O–H groups in total. The third kappa shape index (κ3) is 5.21. The lowest BCUT2D eigenvalue weighted by Crippen LogP contribution is -2.30. The molecule has 0 unspecified atom stereocenters. The summed E-state index contributed by atoms with van der Waals surface area (Å²) in [4.78, 5) is 25.8. The van der Waals surface area contributed by atoms with Gasteiger partial charge in [0.25, 0.3) is 0 Å². The van der Waals surface area contributed by atoms with Crippen LogP contribution in [0.4, 0.5) is 5.69 Å². The summed E-state index contributed by atoms with van der Waals surface area (Å²) in [5, 5.41) is 3.80. The summed E-state index contributed by atoms with van der Waals surface area (Å²) < 4.78 is 4.70. The van der Waals surface area contributed by atoms with Gasteiger partial charge in [-0.3, -0.25) is 9.69 Å². The van der Waals surface area contributed by atoms with Crippen LogP contribution < -0.4 is 5.32 Å². The molecule has 0 heterocycles. The molecule has 5 nitrogen and oxygen atoms in total. The van der Waals surface area contributed by atoms with Gasteiger partial charge in [-0.15, -0.1) is 0 Å². The smallest absolute Gasteiger partial charge is 0.337 e. The SMILES string of the molecule is COC(=O)c1ccc(C)c(NC(=O)CN(C)Cc2cccc(Cl)c2Cl)c1. The van der Waals surface area contributed by atoms with Crippen LogP contribution in [0.5, 0.6) is 0 Å². The summed E-state index contributed by atoms with van der Waals surface area (Å²) in [5.41, 5.74) is 2.66. The van der Waals surface area contributed by atoms with Crippen molar-refractivity contribution in [3.05, 3.63) is 63.1 Å². The molecule has 0 spiro atoms. The average molecular weight is 395 g/mol. The van der Waals surface area contributed by atoms with Crippen molar-refractivity contribution >= 4 is 40.8 Å². The molecule has 138 valence electrons. The maximum Gasteiger partial charge on any atom is 0.337 e. The van der Waals surface area contributed by atoms with Crippen LogP contribution in [0.25, 0.3) is 0 Å². The number of esters is 1. The number of aryl methyl sites for hydroxylation is 1. The third-order valence-electron chi connectivity index (χ3n) is 3.82. The van der Waals surface area contributed by atoms with E-state index >= 15 is 0 Å². The van der Waals surface area contributed by atoms with Crippen molar-refractivity contribution in [2.24, 2.45) is 0 Å². The molecule has 0 atom stereocenters. The lowest BCUT2D eigenvalue weighted by molar-refractivity contribution is -0.117. The molecule has 0 aromatic heterocycles. The Balaban J connectivity index is 2.02. The summed E-state index contributed by atoms with van der Waals surface area (Å²) in [7, 11) is 3.13. The Morgan fingerprint density at radius 1 is 1.19 bits per heavy atom. The quantitative estimate of drug-likeness (QED) is 0.747. The number of carbonyl (C=O) groups is 2. The standard InChI is InChI=1S/C19H20Cl2N2O3/c1-12-7-8-13(19(25)26-3)9-16(12)22-17(24)11-23(2)10-14-5-4-6-15(20)18(14)21/h4-9H,10-11H2,1-3H3,(H,22,24). The first-order chi connectivity index (χ1) is 12.3. The van der Waals surface area contributed by atoms with Gasteiger partial charge < -0.3 is 10.1 Å². The van der Waals surface area contributed by atoms with Gasteiger partial charge in [0.1, 0.15) is 0 Å². The molecule has 2 aromatic carbocycles. The van der Waals surface area contributed by atoms with E-state index in [2.05, 4.69) is 5.32 Å². The van der Waals surface area contributed by atoms with E-state index in [0.717, 1.165) is 11.1 Å². The van der Waals surface area contributed by atoms with Gasteiger partial charge in [0.2, 0.25) is 5.91 Å². The topological polar surface area (TPSA) is 58.6 Å². The highest BCUT2D eigenvalue weighted by Crippen LogP contribution is 2.26. The largest absolute Gasteiger partial charge is 0.465 e. The molecular formula is C19H20Cl2N2O3. The van der Waals surface area contributed by atoms with Gasteiger partial charge in [0.05, 0.1) is 29.3 Å². The summed E-state index contributed by atoms with van der Waals surface area (Å²) in [5.74, 6) is -0.649. The van der Waals surface area contributed by atoms with Crippen molar-refractivity contribution in [1.29, 1.82) is 0 Å². The van der Waals surface area contributed by atoms with Crippen molar-refractivity contribution < 1.29 is 14.3 Å². The van der Waals surface area contributed by atoms with Gasteiger partial charge in [-0.1, -0.05) is 41.4 Å². The number of methoxy groups -OCH3 is 1. The molecule has 2 rings (SSSR count). The van der Waals surface area contributed by atoms with Crippen LogP contribution in [0.3, 0.4) is 0 Å². The number of benzene rings is 2. The number of amides is 1. The third-order valence-corrected chi connectivity index (χ3v) is 4.68.